The van der Waals surface area contributed by atoms with E-state index < -0.39 is 0 Å². The van der Waals surface area contributed by atoms with Gasteiger partial charge in [-0.15, -0.1) is 0 Å². The summed E-state index contributed by atoms with van der Waals surface area (Å²) in [4.78, 5) is 6.76. The Morgan fingerprint density at radius 1 is 1.14 bits per heavy atom. The van der Waals surface area contributed by atoms with Gasteiger partial charge >= 0.3 is 0 Å². The fraction of sp³-hybridized carbons (Fsp3) is 0.545. The summed E-state index contributed by atoms with van der Waals surface area (Å²) in [7, 11) is 0. The van der Waals surface area contributed by atoms with E-state index in [-0.39, 0.29) is 0 Å². The number of aromatic nitrogens is 1. The zero-order valence-corrected chi connectivity index (χ0v) is 10.7. The van der Waals surface area contributed by atoms with Crippen molar-refractivity contribution < 1.29 is 0 Å². The van der Waals surface area contributed by atoms with Crippen LogP contribution in [0.4, 0.5) is 5.82 Å². The summed E-state index contributed by atoms with van der Waals surface area (Å²) < 4.78 is 0.890. The molecule has 0 fully saturated rings. The fourth-order valence-corrected chi connectivity index (χ4v) is 2.00. The Morgan fingerprint density at radius 2 is 1.71 bits per heavy atom. The number of rotatable bonds is 3. The molecule has 0 spiro atoms. The van der Waals surface area contributed by atoms with Gasteiger partial charge in [-0.05, 0) is 55.8 Å². The van der Waals surface area contributed by atoms with Crippen LogP contribution < -0.4 is 4.90 Å². The Hall–Kier alpha value is -0.570. The lowest BCUT2D eigenvalue weighted by Gasteiger charge is -2.31. The number of halogens is 1. The molecule has 0 aromatic carbocycles. The van der Waals surface area contributed by atoms with Crippen LogP contribution in [0.1, 0.15) is 27.7 Å². The Balaban J connectivity index is 2.99. The van der Waals surface area contributed by atoms with Crippen LogP contribution in [0.25, 0.3) is 0 Å². The predicted molar refractivity (Wildman–Crippen MR) is 64.7 cm³/mol. The molecule has 1 rings (SSSR count). The molecule has 78 valence electrons. The van der Waals surface area contributed by atoms with E-state index in [9.17, 15) is 0 Å². The minimum Gasteiger partial charge on any atom is -0.352 e. The third-order valence-corrected chi connectivity index (χ3v) is 2.52. The fourth-order valence-electron chi connectivity index (χ4n) is 1.67. The van der Waals surface area contributed by atoms with E-state index in [0.29, 0.717) is 12.1 Å². The summed E-state index contributed by atoms with van der Waals surface area (Å²) >= 11 is 3.39. The molecule has 0 aliphatic heterocycles. The standard InChI is InChI=1S/C11H17BrN2/c1-8(2)14(9(3)4)11-7-5-6-10(12)13-11/h5-9H,1-4H3. The third-order valence-electron chi connectivity index (χ3n) is 2.08. The average molecular weight is 257 g/mol. The van der Waals surface area contributed by atoms with Crippen LogP contribution in [-0.2, 0) is 0 Å². The lowest BCUT2D eigenvalue weighted by molar-refractivity contribution is 0.600. The van der Waals surface area contributed by atoms with Crippen LogP contribution >= 0.6 is 15.9 Å². The molecule has 0 saturated heterocycles. The highest BCUT2D eigenvalue weighted by Crippen LogP contribution is 2.19. The Kier molecular flexibility index (Phi) is 3.93. The van der Waals surface area contributed by atoms with E-state index in [1.165, 1.54) is 0 Å². The molecule has 1 aromatic rings. The van der Waals surface area contributed by atoms with E-state index in [0.717, 1.165) is 10.4 Å². The second-order valence-corrected chi connectivity index (χ2v) is 4.73. The quantitative estimate of drug-likeness (QED) is 0.771. The van der Waals surface area contributed by atoms with Gasteiger partial charge in [0.2, 0.25) is 0 Å². The Morgan fingerprint density at radius 3 is 2.14 bits per heavy atom. The molecule has 3 heteroatoms. The maximum absolute atomic E-state index is 4.46. The van der Waals surface area contributed by atoms with E-state index in [2.05, 4.69) is 53.5 Å². The number of hydrogen-bond donors (Lipinski definition) is 0. The smallest absolute Gasteiger partial charge is 0.130 e. The Bertz CT molecular complexity index is 289. The van der Waals surface area contributed by atoms with Crippen molar-refractivity contribution >= 4 is 21.7 Å². The van der Waals surface area contributed by atoms with Crippen molar-refractivity contribution in [2.45, 2.75) is 39.8 Å². The molecule has 0 N–H and O–H groups in total. The van der Waals surface area contributed by atoms with Gasteiger partial charge in [0.05, 0.1) is 0 Å². The third kappa shape index (κ3) is 2.71. The minimum atomic E-state index is 0.469. The molecule has 0 atom stereocenters. The molecule has 0 radical (unpaired) electrons. The maximum Gasteiger partial charge on any atom is 0.130 e. The van der Waals surface area contributed by atoms with Gasteiger partial charge in [-0.25, -0.2) is 4.98 Å². The molecule has 0 bridgehead atoms. The second-order valence-electron chi connectivity index (χ2n) is 3.91. The number of pyridine rings is 1. The summed E-state index contributed by atoms with van der Waals surface area (Å²) in [6.45, 7) is 8.73. The first-order chi connectivity index (χ1) is 6.52. The van der Waals surface area contributed by atoms with Gasteiger partial charge in [0.1, 0.15) is 10.4 Å². The lowest BCUT2D eigenvalue weighted by Crippen LogP contribution is -2.37. The van der Waals surface area contributed by atoms with E-state index >= 15 is 0 Å². The zero-order valence-electron chi connectivity index (χ0n) is 9.16. The first kappa shape index (κ1) is 11.5. The van der Waals surface area contributed by atoms with Crippen molar-refractivity contribution in [3.63, 3.8) is 0 Å². The van der Waals surface area contributed by atoms with E-state index in [1.807, 2.05) is 18.2 Å². The van der Waals surface area contributed by atoms with Crippen molar-refractivity contribution in [1.29, 1.82) is 0 Å². The van der Waals surface area contributed by atoms with Crippen LogP contribution in [0, 0.1) is 0 Å². The summed E-state index contributed by atoms with van der Waals surface area (Å²) in [5.74, 6) is 1.03. The van der Waals surface area contributed by atoms with Crippen molar-refractivity contribution in [1.82, 2.24) is 4.98 Å². The summed E-state index contributed by atoms with van der Waals surface area (Å²) in [5, 5.41) is 0. The highest BCUT2D eigenvalue weighted by molar-refractivity contribution is 9.10. The number of nitrogens with zero attached hydrogens (tertiary/aromatic N) is 2. The number of hydrogen-bond acceptors (Lipinski definition) is 2. The van der Waals surface area contributed by atoms with Crippen molar-refractivity contribution in [2.24, 2.45) is 0 Å². The molecule has 0 aliphatic carbocycles. The van der Waals surface area contributed by atoms with Crippen molar-refractivity contribution in [3.8, 4) is 0 Å². The Labute approximate surface area is 94.5 Å². The van der Waals surface area contributed by atoms with Crippen LogP contribution in [-0.4, -0.2) is 17.1 Å². The van der Waals surface area contributed by atoms with Gasteiger partial charge in [0.15, 0.2) is 0 Å². The number of anilines is 1. The van der Waals surface area contributed by atoms with Gasteiger partial charge < -0.3 is 4.90 Å². The monoisotopic (exact) mass is 256 g/mol. The molecule has 0 amide bonds. The second kappa shape index (κ2) is 4.78. The highest BCUT2D eigenvalue weighted by atomic mass is 79.9. The predicted octanol–water partition coefficient (Wildman–Crippen LogP) is 3.47. The van der Waals surface area contributed by atoms with Gasteiger partial charge in [0, 0.05) is 12.1 Å². The lowest BCUT2D eigenvalue weighted by atomic mass is 10.2. The topological polar surface area (TPSA) is 16.1 Å². The largest absolute Gasteiger partial charge is 0.352 e. The van der Waals surface area contributed by atoms with Crippen LogP contribution in [0.15, 0.2) is 22.8 Å². The molecular weight excluding hydrogens is 240 g/mol. The summed E-state index contributed by atoms with van der Waals surface area (Å²) in [6, 6.07) is 6.95. The SMILES string of the molecule is CC(C)N(c1cccc(Br)n1)C(C)C. The first-order valence-electron chi connectivity index (χ1n) is 4.93. The molecule has 0 unspecified atom stereocenters. The molecule has 0 aliphatic rings. The van der Waals surface area contributed by atoms with Gasteiger partial charge in [-0.1, -0.05) is 6.07 Å². The maximum atomic E-state index is 4.46. The van der Waals surface area contributed by atoms with Crippen LogP contribution in [0.2, 0.25) is 0 Å². The first-order valence-corrected chi connectivity index (χ1v) is 5.72. The summed E-state index contributed by atoms with van der Waals surface area (Å²) in [6.07, 6.45) is 0. The molecular formula is C11H17BrN2. The zero-order chi connectivity index (χ0) is 10.7. The normalized spacial score (nSPS) is 11.1. The minimum absolute atomic E-state index is 0.469. The highest BCUT2D eigenvalue weighted by Gasteiger charge is 2.14. The van der Waals surface area contributed by atoms with Crippen LogP contribution in [0.5, 0.6) is 0 Å². The van der Waals surface area contributed by atoms with Gasteiger partial charge in [0.25, 0.3) is 0 Å². The molecule has 1 aromatic heterocycles. The average Bonchev–Trinajstić information content (AvgIpc) is 2.02. The molecule has 2 nitrogen and oxygen atoms in total. The van der Waals surface area contributed by atoms with Gasteiger partial charge in [-0.3, -0.25) is 0 Å². The van der Waals surface area contributed by atoms with Gasteiger partial charge in [-0.2, -0.15) is 0 Å². The van der Waals surface area contributed by atoms with E-state index in [1.54, 1.807) is 0 Å². The van der Waals surface area contributed by atoms with E-state index in [4.69, 9.17) is 0 Å². The van der Waals surface area contributed by atoms with Crippen molar-refractivity contribution in [3.05, 3.63) is 22.8 Å². The molecule has 14 heavy (non-hydrogen) atoms. The molecule has 0 saturated carbocycles. The van der Waals surface area contributed by atoms with Crippen molar-refractivity contribution in [2.75, 3.05) is 4.90 Å². The molecule has 1 heterocycles. The van der Waals surface area contributed by atoms with Crippen LogP contribution in [0.3, 0.4) is 0 Å². The summed E-state index contributed by atoms with van der Waals surface area (Å²) in [5.41, 5.74) is 0.